The maximum atomic E-state index is 11.0. The molecule has 1 aromatic heterocycles. The van der Waals surface area contributed by atoms with Crippen LogP contribution in [-0.2, 0) is 11.3 Å². The highest BCUT2D eigenvalue weighted by Gasteiger charge is 1.99. The van der Waals surface area contributed by atoms with E-state index < -0.39 is 0 Å². The van der Waals surface area contributed by atoms with Crippen molar-refractivity contribution in [3.63, 3.8) is 0 Å². The van der Waals surface area contributed by atoms with Gasteiger partial charge in [0, 0.05) is 31.0 Å². The van der Waals surface area contributed by atoms with E-state index in [1.807, 2.05) is 36.4 Å². The predicted molar refractivity (Wildman–Crippen MR) is 77.0 cm³/mol. The third-order valence-electron chi connectivity index (χ3n) is 2.62. The Hall–Kier alpha value is -2.87. The van der Waals surface area contributed by atoms with Crippen LogP contribution >= 0.6 is 0 Å². The summed E-state index contributed by atoms with van der Waals surface area (Å²) in [5, 5.41) is 14.8. The van der Waals surface area contributed by atoms with E-state index in [1.165, 1.54) is 6.92 Å². The van der Waals surface area contributed by atoms with Crippen molar-refractivity contribution in [2.24, 2.45) is 0 Å². The van der Waals surface area contributed by atoms with Crippen molar-refractivity contribution in [1.82, 2.24) is 4.98 Å². The molecular formula is C15H14N4O. The summed E-state index contributed by atoms with van der Waals surface area (Å²) in [5.41, 5.74) is 3.01. The monoisotopic (exact) mass is 266 g/mol. The molecule has 0 atom stereocenters. The molecule has 0 aliphatic rings. The first-order valence-electron chi connectivity index (χ1n) is 6.14. The lowest BCUT2D eigenvalue weighted by Crippen LogP contribution is -2.06. The van der Waals surface area contributed by atoms with Gasteiger partial charge in [-0.2, -0.15) is 5.26 Å². The third kappa shape index (κ3) is 3.82. The van der Waals surface area contributed by atoms with Crippen LogP contribution in [0.1, 0.15) is 18.2 Å². The fourth-order valence-electron chi connectivity index (χ4n) is 1.76. The van der Waals surface area contributed by atoms with Crippen LogP contribution in [-0.4, -0.2) is 10.9 Å². The number of pyridine rings is 1. The molecule has 0 bridgehead atoms. The average Bonchev–Trinajstić information content (AvgIpc) is 2.45. The highest BCUT2D eigenvalue weighted by atomic mass is 16.1. The Labute approximate surface area is 117 Å². The van der Waals surface area contributed by atoms with E-state index in [1.54, 1.807) is 12.3 Å². The standard InChI is InChI=1S/C15H14N4O/c1-11(20)19-14-4-2-3-13(8-14)18-10-12-5-6-17-15(7-12)9-16/h2-8,18H,10H2,1H3,(H,19,20). The van der Waals surface area contributed by atoms with E-state index in [2.05, 4.69) is 15.6 Å². The van der Waals surface area contributed by atoms with Gasteiger partial charge in [0.15, 0.2) is 0 Å². The van der Waals surface area contributed by atoms with E-state index in [0.717, 1.165) is 16.9 Å². The number of carbonyl (C=O) groups is 1. The largest absolute Gasteiger partial charge is 0.381 e. The van der Waals surface area contributed by atoms with Crippen LogP contribution in [0.2, 0.25) is 0 Å². The number of aromatic nitrogens is 1. The van der Waals surface area contributed by atoms with Crippen molar-refractivity contribution >= 4 is 17.3 Å². The fourth-order valence-corrected chi connectivity index (χ4v) is 1.76. The smallest absolute Gasteiger partial charge is 0.221 e. The van der Waals surface area contributed by atoms with Crippen LogP contribution in [0.25, 0.3) is 0 Å². The molecule has 2 N–H and O–H groups in total. The zero-order valence-corrected chi connectivity index (χ0v) is 11.1. The average molecular weight is 266 g/mol. The van der Waals surface area contributed by atoms with E-state index >= 15 is 0 Å². The molecule has 0 radical (unpaired) electrons. The van der Waals surface area contributed by atoms with Crippen LogP contribution in [0.15, 0.2) is 42.6 Å². The number of hydrogen-bond donors (Lipinski definition) is 2. The van der Waals surface area contributed by atoms with Crippen molar-refractivity contribution in [2.45, 2.75) is 13.5 Å². The first kappa shape index (κ1) is 13.6. The van der Waals surface area contributed by atoms with Crippen LogP contribution in [0, 0.1) is 11.3 Å². The van der Waals surface area contributed by atoms with Gasteiger partial charge in [-0.05, 0) is 35.9 Å². The normalized spacial score (nSPS) is 9.60. The minimum Gasteiger partial charge on any atom is -0.381 e. The number of carbonyl (C=O) groups excluding carboxylic acids is 1. The highest BCUT2D eigenvalue weighted by Crippen LogP contribution is 2.16. The number of nitrogens with one attached hydrogen (secondary N) is 2. The van der Waals surface area contributed by atoms with Crippen LogP contribution < -0.4 is 10.6 Å². The summed E-state index contributed by atoms with van der Waals surface area (Å²) in [4.78, 5) is 14.9. The SMILES string of the molecule is CC(=O)Nc1cccc(NCc2ccnc(C#N)c2)c1. The number of rotatable bonds is 4. The lowest BCUT2D eigenvalue weighted by molar-refractivity contribution is -0.114. The number of nitrogens with zero attached hydrogens (tertiary/aromatic N) is 2. The zero-order valence-electron chi connectivity index (χ0n) is 11.1. The quantitative estimate of drug-likeness (QED) is 0.891. The Kier molecular flexibility index (Phi) is 4.30. The first-order chi connectivity index (χ1) is 9.67. The first-order valence-corrected chi connectivity index (χ1v) is 6.14. The molecule has 5 nitrogen and oxygen atoms in total. The van der Waals surface area contributed by atoms with Gasteiger partial charge in [0.25, 0.3) is 0 Å². The Morgan fingerprint density at radius 3 is 2.85 bits per heavy atom. The molecule has 5 heteroatoms. The minimum atomic E-state index is -0.102. The lowest BCUT2D eigenvalue weighted by atomic mass is 10.2. The summed E-state index contributed by atoms with van der Waals surface area (Å²) in [6, 6.07) is 13.1. The van der Waals surface area contributed by atoms with Gasteiger partial charge in [0.1, 0.15) is 11.8 Å². The minimum absolute atomic E-state index is 0.102. The van der Waals surface area contributed by atoms with Gasteiger partial charge in [-0.15, -0.1) is 0 Å². The number of benzene rings is 1. The topological polar surface area (TPSA) is 77.8 Å². The van der Waals surface area contributed by atoms with Crippen molar-refractivity contribution in [1.29, 1.82) is 5.26 Å². The lowest BCUT2D eigenvalue weighted by Gasteiger charge is -2.09. The Morgan fingerprint density at radius 2 is 2.10 bits per heavy atom. The number of hydrogen-bond acceptors (Lipinski definition) is 4. The molecule has 1 heterocycles. The molecular weight excluding hydrogens is 252 g/mol. The summed E-state index contributed by atoms with van der Waals surface area (Å²) in [7, 11) is 0. The van der Waals surface area contributed by atoms with Gasteiger partial charge in [0.05, 0.1) is 0 Å². The van der Waals surface area contributed by atoms with Gasteiger partial charge in [0.2, 0.25) is 5.91 Å². The molecule has 1 aromatic carbocycles. The number of amides is 1. The molecule has 0 saturated heterocycles. The third-order valence-corrected chi connectivity index (χ3v) is 2.62. The van der Waals surface area contributed by atoms with E-state index in [0.29, 0.717) is 12.2 Å². The summed E-state index contributed by atoms with van der Waals surface area (Å²) in [5.74, 6) is -0.102. The van der Waals surface area contributed by atoms with Crippen LogP contribution in [0.5, 0.6) is 0 Å². The van der Waals surface area contributed by atoms with Crippen molar-refractivity contribution in [3.05, 3.63) is 53.9 Å². The van der Waals surface area contributed by atoms with Crippen molar-refractivity contribution < 1.29 is 4.79 Å². The molecule has 100 valence electrons. The molecule has 0 fully saturated rings. The van der Waals surface area contributed by atoms with Crippen molar-refractivity contribution in [3.8, 4) is 6.07 Å². The second-order valence-corrected chi connectivity index (χ2v) is 4.28. The summed E-state index contributed by atoms with van der Waals surface area (Å²) in [6.45, 7) is 2.06. The number of anilines is 2. The molecule has 2 aromatic rings. The van der Waals surface area contributed by atoms with Gasteiger partial charge in [-0.1, -0.05) is 6.07 Å². The van der Waals surface area contributed by atoms with Gasteiger partial charge in [-0.3, -0.25) is 4.79 Å². The van der Waals surface area contributed by atoms with Gasteiger partial charge >= 0.3 is 0 Å². The molecule has 0 aliphatic carbocycles. The molecule has 1 amide bonds. The molecule has 20 heavy (non-hydrogen) atoms. The molecule has 0 spiro atoms. The molecule has 0 saturated carbocycles. The maximum absolute atomic E-state index is 11.0. The molecule has 0 aliphatic heterocycles. The fraction of sp³-hybridized carbons (Fsp3) is 0.133. The summed E-state index contributed by atoms with van der Waals surface area (Å²) >= 11 is 0. The summed E-state index contributed by atoms with van der Waals surface area (Å²) < 4.78 is 0. The molecule has 0 unspecified atom stereocenters. The molecule has 2 rings (SSSR count). The van der Waals surface area contributed by atoms with Crippen molar-refractivity contribution in [2.75, 3.05) is 10.6 Å². The second-order valence-electron chi connectivity index (χ2n) is 4.28. The van der Waals surface area contributed by atoms with E-state index in [-0.39, 0.29) is 5.91 Å². The van der Waals surface area contributed by atoms with Crippen LogP contribution in [0.3, 0.4) is 0 Å². The van der Waals surface area contributed by atoms with Crippen LogP contribution in [0.4, 0.5) is 11.4 Å². The Bertz CT molecular complexity index is 661. The number of nitriles is 1. The van der Waals surface area contributed by atoms with Gasteiger partial charge in [-0.25, -0.2) is 4.98 Å². The van der Waals surface area contributed by atoms with E-state index in [9.17, 15) is 4.79 Å². The zero-order chi connectivity index (χ0) is 14.4. The second kappa shape index (κ2) is 6.34. The Morgan fingerprint density at radius 1 is 1.30 bits per heavy atom. The predicted octanol–water partition coefficient (Wildman–Crippen LogP) is 2.52. The maximum Gasteiger partial charge on any atom is 0.221 e. The highest BCUT2D eigenvalue weighted by molar-refractivity contribution is 5.89. The Balaban J connectivity index is 2.03. The van der Waals surface area contributed by atoms with E-state index in [4.69, 9.17) is 5.26 Å². The van der Waals surface area contributed by atoms with Gasteiger partial charge < -0.3 is 10.6 Å². The summed E-state index contributed by atoms with van der Waals surface area (Å²) in [6.07, 6.45) is 1.61.